The second-order valence-corrected chi connectivity index (χ2v) is 8.74. The van der Waals surface area contributed by atoms with Crippen LogP contribution in [0.1, 0.15) is 34.1 Å². The number of hydrogen-bond acceptors (Lipinski definition) is 6. The van der Waals surface area contributed by atoms with Gasteiger partial charge in [-0.3, -0.25) is 0 Å². The highest BCUT2D eigenvalue weighted by Gasteiger charge is 2.27. The lowest BCUT2D eigenvalue weighted by Gasteiger charge is -2.20. The predicted octanol–water partition coefficient (Wildman–Crippen LogP) is 5.79. The first-order chi connectivity index (χ1) is 17.0. The number of nitrogens with zero attached hydrogens (tertiary/aromatic N) is 3. The lowest BCUT2D eigenvalue weighted by Crippen LogP contribution is -2.13. The Bertz CT molecular complexity index is 1350. The van der Waals surface area contributed by atoms with Gasteiger partial charge in [-0.25, -0.2) is 9.48 Å². The van der Waals surface area contributed by atoms with E-state index in [1.54, 1.807) is 18.7 Å². The molecular formula is C27H26BrN3O4. The summed E-state index contributed by atoms with van der Waals surface area (Å²) in [5.74, 6) is 0.608. The topological polar surface area (TPSA) is 75.5 Å². The summed E-state index contributed by atoms with van der Waals surface area (Å²) in [5.41, 5.74) is 5.23. The summed E-state index contributed by atoms with van der Waals surface area (Å²) in [7, 11) is 3.16. The van der Waals surface area contributed by atoms with E-state index in [0.717, 1.165) is 32.4 Å². The third-order valence-corrected chi connectivity index (χ3v) is 6.29. The second kappa shape index (κ2) is 10.7. The quantitative estimate of drug-likeness (QED) is 0.266. The van der Waals surface area contributed by atoms with E-state index in [1.165, 1.54) is 7.11 Å². The number of esters is 1. The molecule has 0 aliphatic heterocycles. The number of methoxy groups -OCH3 is 2. The molecule has 35 heavy (non-hydrogen) atoms. The van der Waals surface area contributed by atoms with Crippen molar-refractivity contribution in [2.75, 3.05) is 20.8 Å². The molecule has 8 heteroatoms. The third-order valence-electron chi connectivity index (χ3n) is 5.60. The van der Waals surface area contributed by atoms with Gasteiger partial charge in [-0.15, -0.1) is 5.10 Å². The van der Waals surface area contributed by atoms with E-state index in [2.05, 4.69) is 26.2 Å². The molecule has 7 nitrogen and oxygen atoms in total. The zero-order valence-corrected chi connectivity index (χ0v) is 21.6. The van der Waals surface area contributed by atoms with Crippen LogP contribution in [0.2, 0.25) is 0 Å². The van der Waals surface area contributed by atoms with Crippen molar-refractivity contribution in [3.05, 3.63) is 87.7 Å². The minimum atomic E-state index is -0.455. The summed E-state index contributed by atoms with van der Waals surface area (Å²) in [6.07, 6.45) is 2.48. The number of carbonyl (C=O) groups is 1. The number of rotatable bonds is 8. The van der Waals surface area contributed by atoms with Crippen molar-refractivity contribution in [1.29, 1.82) is 0 Å². The molecule has 0 saturated carbocycles. The standard InChI is InChI=1S/C27H26BrN3O4/c1-5-35-27(32)24-17(2)13-22(21-15-20(33-3)11-12-23(21)28)25(26(24)34-4)31-16-19(29-30-31)14-18-9-7-6-8-10-18/h6-13,15-16H,5,14H2,1-4H3. The monoisotopic (exact) mass is 535 g/mol. The van der Waals surface area contributed by atoms with E-state index >= 15 is 0 Å². The van der Waals surface area contributed by atoms with Gasteiger partial charge in [-0.05, 0) is 49.2 Å². The molecule has 0 atom stereocenters. The Hall–Kier alpha value is -3.65. The van der Waals surface area contributed by atoms with Gasteiger partial charge in [-0.1, -0.05) is 51.5 Å². The Labute approximate surface area is 212 Å². The van der Waals surface area contributed by atoms with Crippen LogP contribution in [0.5, 0.6) is 11.5 Å². The summed E-state index contributed by atoms with van der Waals surface area (Å²) >= 11 is 3.66. The van der Waals surface area contributed by atoms with Crippen molar-refractivity contribution in [2.45, 2.75) is 20.3 Å². The van der Waals surface area contributed by atoms with Crippen LogP contribution in [0.25, 0.3) is 16.8 Å². The fraction of sp³-hybridized carbons (Fsp3) is 0.222. The molecule has 0 aliphatic carbocycles. The number of benzene rings is 3. The second-order valence-electron chi connectivity index (χ2n) is 7.88. The minimum Gasteiger partial charge on any atom is -0.497 e. The molecule has 0 amide bonds. The van der Waals surface area contributed by atoms with Crippen LogP contribution in [-0.4, -0.2) is 41.8 Å². The van der Waals surface area contributed by atoms with Crippen molar-refractivity contribution < 1.29 is 19.0 Å². The van der Waals surface area contributed by atoms with Crippen molar-refractivity contribution in [3.8, 4) is 28.3 Å². The summed E-state index contributed by atoms with van der Waals surface area (Å²) in [4.78, 5) is 12.9. The predicted molar refractivity (Wildman–Crippen MR) is 138 cm³/mol. The lowest BCUT2D eigenvalue weighted by molar-refractivity contribution is 0.0522. The smallest absolute Gasteiger partial charge is 0.342 e. The first kappa shape index (κ1) is 24.5. The molecule has 3 aromatic carbocycles. The highest BCUT2D eigenvalue weighted by molar-refractivity contribution is 9.10. The highest BCUT2D eigenvalue weighted by Crippen LogP contribution is 2.42. The molecule has 0 unspecified atom stereocenters. The maximum absolute atomic E-state index is 12.9. The molecule has 4 aromatic rings. The van der Waals surface area contributed by atoms with Crippen molar-refractivity contribution in [3.63, 3.8) is 0 Å². The maximum atomic E-state index is 12.9. The number of aryl methyl sites for hydroxylation is 1. The molecule has 0 spiro atoms. The summed E-state index contributed by atoms with van der Waals surface area (Å²) in [6.45, 7) is 3.89. The fourth-order valence-corrected chi connectivity index (χ4v) is 4.46. The van der Waals surface area contributed by atoms with E-state index in [1.807, 2.05) is 67.7 Å². The molecule has 4 rings (SSSR count). The van der Waals surface area contributed by atoms with Gasteiger partial charge in [0.2, 0.25) is 0 Å². The van der Waals surface area contributed by atoms with Gasteiger partial charge >= 0.3 is 5.97 Å². The zero-order chi connectivity index (χ0) is 24.9. The molecule has 0 N–H and O–H groups in total. The van der Waals surface area contributed by atoms with E-state index in [-0.39, 0.29) is 6.61 Å². The van der Waals surface area contributed by atoms with E-state index in [9.17, 15) is 4.79 Å². The van der Waals surface area contributed by atoms with Crippen LogP contribution in [0, 0.1) is 6.92 Å². The fourth-order valence-electron chi connectivity index (χ4n) is 4.00. The molecule has 0 aliphatic rings. The molecule has 0 radical (unpaired) electrons. The normalized spacial score (nSPS) is 10.8. The molecule has 0 fully saturated rings. The van der Waals surface area contributed by atoms with Crippen molar-refractivity contribution in [2.24, 2.45) is 0 Å². The average molecular weight is 536 g/mol. The Balaban J connectivity index is 1.95. The maximum Gasteiger partial charge on any atom is 0.342 e. The Morgan fingerprint density at radius 1 is 1.03 bits per heavy atom. The van der Waals surface area contributed by atoms with Crippen molar-refractivity contribution in [1.82, 2.24) is 15.0 Å². The SMILES string of the molecule is CCOC(=O)c1c(C)cc(-c2cc(OC)ccc2Br)c(-n2cc(Cc3ccccc3)nn2)c1OC. The van der Waals surface area contributed by atoms with Gasteiger partial charge in [0.15, 0.2) is 5.75 Å². The van der Waals surface area contributed by atoms with Crippen LogP contribution in [-0.2, 0) is 11.2 Å². The Morgan fingerprint density at radius 3 is 2.49 bits per heavy atom. The Kier molecular flexibility index (Phi) is 7.51. The van der Waals surface area contributed by atoms with Gasteiger partial charge in [0.1, 0.15) is 17.0 Å². The van der Waals surface area contributed by atoms with Crippen LogP contribution in [0.15, 0.2) is 65.3 Å². The molecule has 0 bridgehead atoms. The number of carbonyl (C=O) groups excluding carboxylic acids is 1. The van der Waals surface area contributed by atoms with Gasteiger partial charge in [0.25, 0.3) is 0 Å². The summed E-state index contributed by atoms with van der Waals surface area (Å²) < 4.78 is 19.1. The highest BCUT2D eigenvalue weighted by atomic mass is 79.9. The molecule has 1 heterocycles. The largest absolute Gasteiger partial charge is 0.497 e. The van der Waals surface area contributed by atoms with Gasteiger partial charge in [-0.2, -0.15) is 0 Å². The minimum absolute atomic E-state index is 0.254. The van der Waals surface area contributed by atoms with Crippen LogP contribution >= 0.6 is 15.9 Å². The lowest BCUT2D eigenvalue weighted by atomic mass is 9.96. The van der Waals surface area contributed by atoms with E-state index in [4.69, 9.17) is 14.2 Å². The van der Waals surface area contributed by atoms with E-state index < -0.39 is 5.97 Å². The Morgan fingerprint density at radius 2 is 1.80 bits per heavy atom. The van der Waals surface area contributed by atoms with Crippen LogP contribution < -0.4 is 9.47 Å². The van der Waals surface area contributed by atoms with Gasteiger partial charge < -0.3 is 14.2 Å². The van der Waals surface area contributed by atoms with Crippen molar-refractivity contribution >= 4 is 21.9 Å². The number of ether oxygens (including phenoxy) is 3. The zero-order valence-electron chi connectivity index (χ0n) is 20.0. The number of aromatic nitrogens is 3. The molecular weight excluding hydrogens is 510 g/mol. The third kappa shape index (κ3) is 5.07. The number of halogens is 1. The first-order valence-corrected chi connectivity index (χ1v) is 11.9. The summed E-state index contributed by atoms with van der Waals surface area (Å²) in [6, 6.07) is 17.7. The molecule has 180 valence electrons. The number of hydrogen-bond donors (Lipinski definition) is 0. The molecule has 0 saturated heterocycles. The van der Waals surface area contributed by atoms with Crippen LogP contribution in [0.3, 0.4) is 0 Å². The summed E-state index contributed by atoms with van der Waals surface area (Å²) in [5, 5.41) is 8.81. The average Bonchev–Trinajstić information content (AvgIpc) is 3.32. The van der Waals surface area contributed by atoms with Gasteiger partial charge in [0, 0.05) is 22.0 Å². The van der Waals surface area contributed by atoms with Gasteiger partial charge in [0.05, 0.1) is 32.7 Å². The van der Waals surface area contributed by atoms with Crippen LogP contribution in [0.4, 0.5) is 0 Å². The molecule has 1 aromatic heterocycles. The first-order valence-electron chi connectivity index (χ1n) is 11.1. The van der Waals surface area contributed by atoms with E-state index in [0.29, 0.717) is 29.2 Å².